The number of hydrogen-bond donors (Lipinski definition) is 1. The van der Waals surface area contributed by atoms with Gasteiger partial charge in [-0.25, -0.2) is 4.98 Å². The first-order valence-corrected chi connectivity index (χ1v) is 8.21. The topological polar surface area (TPSA) is 60.0 Å². The Labute approximate surface area is 151 Å². The summed E-state index contributed by atoms with van der Waals surface area (Å²) >= 11 is 0. The second-order valence-corrected chi connectivity index (χ2v) is 5.70. The average Bonchev–Trinajstić information content (AvgIpc) is 3.20. The van der Waals surface area contributed by atoms with E-state index in [1.165, 1.54) is 0 Å². The summed E-state index contributed by atoms with van der Waals surface area (Å²) in [5.74, 6) is 2.11. The molecule has 5 heteroatoms. The number of H-pyrrole nitrogens is 1. The van der Waals surface area contributed by atoms with Crippen LogP contribution in [0.3, 0.4) is 0 Å². The second-order valence-electron chi connectivity index (χ2n) is 5.70. The molecular formula is C21H17N3O2. The smallest absolute Gasteiger partial charge is 0.219 e. The molecule has 128 valence electrons. The van der Waals surface area contributed by atoms with E-state index < -0.39 is 0 Å². The molecule has 0 saturated heterocycles. The number of nitrogens with one attached hydrogen (secondary N) is 1. The number of aromatic nitrogens is 3. The Kier molecular flexibility index (Phi) is 4.35. The average molecular weight is 343 g/mol. The molecule has 0 amide bonds. The summed E-state index contributed by atoms with van der Waals surface area (Å²) < 4.78 is 11.0. The summed E-state index contributed by atoms with van der Waals surface area (Å²) in [7, 11) is 1.65. The van der Waals surface area contributed by atoms with E-state index in [0.717, 1.165) is 34.0 Å². The summed E-state index contributed by atoms with van der Waals surface area (Å²) in [4.78, 5) is 4.36. The van der Waals surface area contributed by atoms with E-state index in [9.17, 15) is 0 Å². The van der Waals surface area contributed by atoms with Gasteiger partial charge in [0.25, 0.3) is 0 Å². The van der Waals surface area contributed by atoms with Crippen molar-refractivity contribution in [3.63, 3.8) is 0 Å². The molecule has 0 saturated carbocycles. The van der Waals surface area contributed by atoms with E-state index in [2.05, 4.69) is 15.2 Å². The van der Waals surface area contributed by atoms with E-state index >= 15 is 0 Å². The Hall–Kier alpha value is -3.60. The van der Waals surface area contributed by atoms with Gasteiger partial charge < -0.3 is 9.47 Å². The number of ether oxygens (including phenoxy) is 2. The molecule has 5 nitrogen and oxygen atoms in total. The predicted octanol–water partition coefficient (Wildman–Crippen LogP) is 4.94. The number of hydrogen-bond acceptors (Lipinski definition) is 4. The third kappa shape index (κ3) is 3.42. The molecule has 0 spiro atoms. The molecule has 4 aromatic rings. The van der Waals surface area contributed by atoms with Gasteiger partial charge in [-0.3, -0.25) is 5.10 Å². The van der Waals surface area contributed by atoms with Crippen molar-refractivity contribution < 1.29 is 9.47 Å². The molecular weight excluding hydrogens is 326 g/mol. The van der Waals surface area contributed by atoms with Crippen LogP contribution in [0.2, 0.25) is 0 Å². The summed E-state index contributed by atoms with van der Waals surface area (Å²) in [6, 6.07) is 23.2. The summed E-state index contributed by atoms with van der Waals surface area (Å²) in [5.41, 5.74) is 3.67. The van der Waals surface area contributed by atoms with Crippen molar-refractivity contribution in [2.24, 2.45) is 0 Å². The molecule has 0 atom stereocenters. The molecule has 2 heterocycles. The molecule has 26 heavy (non-hydrogen) atoms. The highest BCUT2D eigenvalue weighted by atomic mass is 16.5. The van der Waals surface area contributed by atoms with E-state index in [-0.39, 0.29) is 0 Å². The number of methoxy groups -OCH3 is 1. The van der Waals surface area contributed by atoms with Crippen LogP contribution in [0.25, 0.3) is 22.5 Å². The van der Waals surface area contributed by atoms with Crippen molar-refractivity contribution in [1.29, 1.82) is 0 Å². The Balaban J connectivity index is 1.54. The molecule has 0 aliphatic rings. The molecule has 0 fully saturated rings. The van der Waals surface area contributed by atoms with Crippen molar-refractivity contribution in [2.45, 2.75) is 0 Å². The van der Waals surface area contributed by atoms with Crippen molar-refractivity contribution in [2.75, 3.05) is 7.11 Å². The fraction of sp³-hybridized carbons (Fsp3) is 0.0476. The van der Waals surface area contributed by atoms with Crippen LogP contribution in [-0.4, -0.2) is 22.3 Å². The normalized spacial score (nSPS) is 10.5. The minimum absolute atomic E-state index is 0.545. The largest absolute Gasteiger partial charge is 0.497 e. The number of rotatable bonds is 5. The first-order chi connectivity index (χ1) is 12.8. The van der Waals surface area contributed by atoms with Gasteiger partial charge >= 0.3 is 0 Å². The van der Waals surface area contributed by atoms with Gasteiger partial charge in [0, 0.05) is 23.4 Å². The van der Waals surface area contributed by atoms with Gasteiger partial charge in [0.05, 0.1) is 18.5 Å². The zero-order valence-electron chi connectivity index (χ0n) is 14.2. The molecule has 0 aliphatic heterocycles. The summed E-state index contributed by atoms with van der Waals surface area (Å²) in [6.07, 6.45) is 1.75. The fourth-order valence-corrected chi connectivity index (χ4v) is 2.61. The maximum Gasteiger partial charge on any atom is 0.219 e. The number of para-hydroxylation sites is 1. The first kappa shape index (κ1) is 15.9. The molecule has 0 unspecified atom stereocenters. The minimum Gasteiger partial charge on any atom is -0.497 e. The molecule has 2 aromatic heterocycles. The maximum atomic E-state index is 5.72. The lowest BCUT2D eigenvalue weighted by Crippen LogP contribution is -1.88. The zero-order valence-corrected chi connectivity index (χ0v) is 14.2. The standard InChI is InChI=1S/C21H17N3O2/c1-25-18-9-5-6-15(12-18)19-13-20(24-23-19)16-10-11-21(22-14-16)26-17-7-3-2-4-8-17/h2-14H,1H3,(H,23,24). The van der Waals surface area contributed by atoms with E-state index in [4.69, 9.17) is 9.47 Å². The Morgan fingerprint density at radius 1 is 0.808 bits per heavy atom. The molecule has 2 aromatic carbocycles. The zero-order chi connectivity index (χ0) is 17.8. The van der Waals surface area contributed by atoms with Crippen LogP contribution in [0.1, 0.15) is 0 Å². The molecule has 1 N–H and O–H groups in total. The van der Waals surface area contributed by atoms with Crippen molar-refractivity contribution in [3.05, 3.63) is 79.0 Å². The Bertz CT molecular complexity index is 995. The summed E-state index contributed by atoms with van der Waals surface area (Å²) in [6.45, 7) is 0. The molecule has 0 aliphatic carbocycles. The van der Waals surface area contributed by atoms with Crippen LogP contribution < -0.4 is 9.47 Å². The maximum absolute atomic E-state index is 5.72. The third-order valence-electron chi connectivity index (χ3n) is 3.96. The number of benzene rings is 2. The fourth-order valence-electron chi connectivity index (χ4n) is 2.61. The van der Waals surface area contributed by atoms with Crippen LogP contribution in [0.15, 0.2) is 79.0 Å². The molecule has 4 rings (SSSR count). The Morgan fingerprint density at radius 3 is 2.42 bits per heavy atom. The minimum atomic E-state index is 0.545. The van der Waals surface area contributed by atoms with Gasteiger partial charge in [-0.1, -0.05) is 30.3 Å². The van der Waals surface area contributed by atoms with E-state index in [1.54, 1.807) is 13.3 Å². The van der Waals surface area contributed by atoms with Gasteiger partial charge in [-0.2, -0.15) is 5.10 Å². The monoisotopic (exact) mass is 343 g/mol. The number of nitrogens with zero attached hydrogens (tertiary/aromatic N) is 2. The van der Waals surface area contributed by atoms with Crippen LogP contribution in [0.4, 0.5) is 0 Å². The van der Waals surface area contributed by atoms with Crippen molar-refractivity contribution in [1.82, 2.24) is 15.2 Å². The molecule has 0 bridgehead atoms. The Morgan fingerprint density at radius 2 is 1.65 bits per heavy atom. The SMILES string of the molecule is COc1cccc(-c2cc(-c3ccc(Oc4ccccc4)nc3)n[nH]2)c1. The van der Waals surface area contributed by atoms with Crippen LogP contribution >= 0.6 is 0 Å². The first-order valence-electron chi connectivity index (χ1n) is 8.21. The van der Waals surface area contributed by atoms with Gasteiger partial charge in [0.15, 0.2) is 0 Å². The summed E-state index contributed by atoms with van der Waals surface area (Å²) in [5, 5.41) is 7.45. The van der Waals surface area contributed by atoms with E-state index in [1.807, 2.05) is 72.8 Å². The van der Waals surface area contributed by atoms with Gasteiger partial charge in [-0.05, 0) is 36.4 Å². The third-order valence-corrected chi connectivity index (χ3v) is 3.96. The van der Waals surface area contributed by atoms with Gasteiger partial charge in [0.1, 0.15) is 11.5 Å². The van der Waals surface area contributed by atoms with Crippen molar-refractivity contribution >= 4 is 0 Å². The second kappa shape index (κ2) is 7.11. The lowest BCUT2D eigenvalue weighted by atomic mass is 10.1. The highest BCUT2D eigenvalue weighted by Gasteiger charge is 2.08. The van der Waals surface area contributed by atoms with Gasteiger partial charge in [-0.15, -0.1) is 0 Å². The van der Waals surface area contributed by atoms with Crippen molar-refractivity contribution in [3.8, 4) is 39.9 Å². The number of pyridine rings is 1. The predicted molar refractivity (Wildman–Crippen MR) is 100 cm³/mol. The van der Waals surface area contributed by atoms with Crippen LogP contribution in [0, 0.1) is 0 Å². The molecule has 0 radical (unpaired) electrons. The van der Waals surface area contributed by atoms with Crippen LogP contribution in [-0.2, 0) is 0 Å². The van der Waals surface area contributed by atoms with Crippen LogP contribution in [0.5, 0.6) is 17.4 Å². The highest BCUT2D eigenvalue weighted by Crippen LogP contribution is 2.27. The van der Waals surface area contributed by atoms with E-state index in [0.29, 0.717) is 5.88 Å². The number of aromatic amines is 1. The lowest BCUT2D eigenvalue weighted by molar-refractivity contribution is 0.415. The van der Waals surface area contributed by atoms with Gasteiger partial charge in [0.2, 0.25) is 5.88 Å². The highest BCUT2D eigenvalue weighted by molar-refractivity contribution is 5.68. The lowest BCUT2D eigenvalue weighted by Gasteiger charge is -2.04. The quantitative estimate of drug-likeness (QED) is 0.557.